The van der Waals surface area contributed by atoms with Gasteiger partial charge in [-0.15, -0.1) is 12.4 Å². The highest BCUT2D eigenvalue weighted by molar-refractivity contribution is 5.85. The summed E-state index contributed by atoms with van der Waals surface area (Å²) >= 11 is 0. The van der Waals surface area contributed by atoms with E-state index in [0.717, 1.165) is 45.7 Å². The fraction of sp³-hybridized carbons (Fsp3) is 0.917. The van der Waals surface area contributed by atoms with Crippen LogP contribution in [0.5, 0.6) is 0 Å². The van der Waals surface area contributed by atoms with Gasteiger partial charge in [0, 0.05) is 32.8 Å². The summed E-state index contributed by atoms with van der Waals surface area (Å²) in [6, 6.07) is 0. The molecular weight excluding hydrogens is 254 g/mol. The van der Waals surface area contributed by atoms with Gasteiger partial charge in [0.25, 0.3) is 0 Å². The number of halogens is 1. The van der Waals surface area contributed by atoms with E-state index in [1.807, 2.05) is 6.92 Å². The second-order valence-corrected chi connectivity index (χ2v) is 4.42. The second kappa shape index (κ2) is 10.6. The lowest BCUT2D eigenvalue weighted by atomic mass is 9.97. The van der Waals surface area contributed by atoms with Gasteiger partial charge in [-0.3, -0.25) is 4.79 Å². The second-order valence-electron chi connectivity index (χ2n) is 4.42. The van der Waals surface area contributed by atoms with E-state index in [2.05, 4.69) is 10.2 Å². The van der Waals surface area contributed by atoms with Gasteiger partial charge < -0.3 is 20.7 Å². The van der Waals surface area contributed by atoms with Gasteiger partial charge >= 0.3 is 0 Å². The molecule has 1 atom stereocenters. The van der Waals surface area contributed by atoms with Crippen molar-refractivity contribution in [3.05, 3.63) is 0 Å². The van der Waals surface area contributed by atoms with E-state index in [0.29, 0.717) is 13.1 Å². The molecule has 1 aliphatic rings. The molecule has 5 nitrogen and oxygen atoms in total. The minimum absolute atomic E-state index is 0. The molecule has 1 fully saturated rings. The zero-order valence-electron chi connectivity index (χ0n) is 11.2. The number of rotatable bonds is 7. The Kier molecular flexibility index (Phi) is 10.3. The molecule has 1 unspecified atom stereocenters. The van der Waals surface area contributed by atoms with E-state index < -0.39 is 0 Å². The Balaban J connectivity index is 0.00000289. The van der Waals surface area contributed by atoms with Gasteiger partial charge in [-0.1, -0.05) is 0 Å². The fourth-order valence-electron chi connectivity index (χ4n) is 2.15. The third kappa shape index (κ3) is 6.54. The molecule has 1 aliphatic heterocycles. The van der Waals surface area contributed by atoms with E-state index in [9.17, 15) is 4.79 Å². The zero-order valence-corrected chi connectivity index (χ0v) is 12.0. The van der Waals surface area contributed by atoms with Crippen molar-refractivity contribution in [1.29, 1.82) is 0 Å². The maximum atomic E-state index is 11.8. The standard InChI is InChI=1S/C12H25N3O2.ClH/c1-2-17-9-8-15-7-3-4-11(10-15)12(16)14-6-5-13;/h11H,2-10,13H2,1H3,(H,14,16);1H. The number of carbonyl (C=O) groups excluding carboxylic acids is 1. The van der Waals surface area contributed by atoms with Crippen LogP contribution in [0.25, 0.3) is 0 Å². The lowest BCUT2D eigenvalue weighted by Gasteiger charge is -2.31. The summed E-state index contributed by atoms with van der Waals surface area (Å²) < 4.78 is 5.34. The highest BCUT2D eigenvalue weighted by atomic mass is 35.5. The van der Waals surface area contributed by atoms with E-state index in [-0.39, 0.29) is 24.2 Å². The van der Waals surface area contributed by atoms with Gasteiger partial charge in [-0.25, -0.2) is 0 Å². The number of nitrogens with zero attached hydrogens (tertiary/aromatic N) is 1. The van der Waals surface area contributed by atoms with Crippen LogP contribution in [0.1, 0.15) is 19.8 Å². The molecule has 0 aromatic rings. The number of likely N-dealkylation sites (tertiary alicyclic amines) is 1. The molecule has 18 heavy (non-hydrogen) atoms. The molecule has 0 saturated carbocycles. The molecule has 108 valence electrons. The number of ether oxygens (including phenoxy) is 1. The normalized spacial score (nSPS) is 20.2. The Morgan fingerprint density at radius 1 is 1.56 bits per heavy atom. The third-order valence-corrected chi connectivity index (χ3v) is 3.08. The largest absolute Gasteiger partial charge is 0.380 e. The first kappa shape index (κ1) is 17.6. The monoisotopic (exact) mass is 279 g/mol. The maximum Gasteiger partial charge on any atom is 0.224 e. The summed E-state index contributed by atoms with van der Waals surface area (Å²) in [4.78, 5) is 14.1. The Morgan fingerprint density at radius 2 is 2.33 bits per heavy atom. The Labute approximate surface area is 116 Å². The average molecular weight is 280 g/mol. The van der Waals surface area contributed by atoms with Gasteiger partial charge in [0.15, 0.2) is 0 Å². The summed E-state index contributed by atoms with van der Waals surface area (Å²) in [6.07, 6.45) is 2.08. The number of nitrogens with one attached hydrogen (secondary N) is 1. The summed E-state index contributed by atoms with van der Waals surface area (Å²) in [5.74, 6) is 0.272. The van der Waals surface area contributed by atoms with Gasteiger partial charge in [0.05, 0.1) is 12.5 Å². The number of nitrogens with two attached hydrogens (primary N) is 1. The molecule has 0 aromatic heterocycles. The number of hydrogen-bond donors (Lipinski definition) is 2. The quantitative estimate of drug-likeness (QED) is 0.655. The van der Waals surface area contributed by atoms with Gasteiger partial charge in [-0.2, -0.15) is 0 Å². The first-order valence-corrected chi connectivity index (χ1v) is 6.55. The number of hydrogen-bond acceptors (Lipinski definition) is 4. The van der Waals surface area contributed by atoms with Gasteiger partial charge in [0.1, 0.15) is 0 Å². The van der Waals surface area contributed by atoms with Crippen LogP contribution in [-0.2, 0) is 9.53 Å². The van der Waals surface area contributed by atoms with Crippen molar-refractivity contribution in [3.63, 3.8) is 0 Å². The Bertz CT molecular complexity index is 229. The van der Waals surface area contributed by atoms with Crippen LogP contribution >= 0.6 is 12.4 Å². The molecule has 0 aliphatic carbocycles. The minimum Gasteiger partial charge on any atom is -0.380 e. The first-order valence-electron chi connectivity index (χ1n) is 6.55. The van der Waals surface area contributed by atoms with Gasteiger partial charge in [-0.05, 0) is 26.3 Å². The van der Waals surface area contributed by atoms with E-state index in [4.69, 9.17) is 10.5 Å². The number of piperidine rings is 1. The summed E-state index contributed by atoms with van der Waals surface area (Å²) in [5.41, 5.74) is 5.37. The molecule has 1 saturated heterocycles. The highest BCUT2D eigenvalue weighted by Crippen LogP contribution is 2.16. The van der Waals surface area contributed by atoms with Gasteiger partial charge in [0.2, 0.25) is 5.91 Å². The first-order chi connectivity index (χ1) is 8.27. The van der Waals surface area contributed by atoms with Crippen molar-refractivity contribution in [2.24, 2.45) is 11.7 Å². The fourth-order valence-corrected chi connectivity index (χ4v) is 2.15. The number of carbonyl (C=O) groups is 1. The third-order valence-electron chi connectivity index (χ3n) is 3.08. The van der Waals surface area contributed by atoms with E-state index in [1.165, 1.54) is 0 Å². The van der Waals surface area contributed by atoms with Crippen LogP contribution in [0.2, 0.25) is 0 Å². The highest BCUT2D eigenvalue weighted by Gasteiger charge is 2.24. The topological polar surface area (TPSA) is 67.6 Å². The van der Waals surface area contributed by atoms with Crippen LogP contribution in [0, 0.1) is 5.92 Å². The molecule has 3 N–H and O–H groups in total. The smallest absolute Gasteiger partial charge is 0.224 e. The lowest BCUT2D eigenvalue weighted by Crippen LogP contribution is -2.44. The minimum atomic E-state index is 0. The van der Waals surface area contributed by atoms with Crippen LogP contribution in [0.4, 0.5) is 0 Å². The molecular formula is C12H26ClN3O2. The molecule has 1 amide bonds. The lowest BCUT2D eigenvalue weighted by molar-refractivity contribution is -0.126. The SMILES string of the molecule is CCOCCN1CCCC(C(=O)NCCN)C1.Cl. The average Bonchev–Trinajstić information content (AvgIpc) is 2.36. The predicted molar refractivity (Wildman–Crippen MR) is 75.0 cm³/mol. The zero-order chi connectivity index (χ0) is 12.5. The Morgan fingerprint density at radius 3 is 3.00 bits per heavy atom. The van der Waals surface area contributed by atoms with Crippen molar-refractivity contribution in [1.82, 2.24) is 10.2 Å². The summed E-state index contributed by atoms with van der Waals surface area (Å²) in [7, 11) is 0. The van der Waals surface area contributed by atoms with Crippen molar-refractivity contribution >= 4 is 18.3 Å². The molecule has 6 heteroatoms. The van der Waals surface area contributed by atoms with Crippen LogP contribution in [-0.4, -0.2) is 56.7 Å². The van der Waals surface area contributed by atoms with E-state index in [1.54, 1.807) is 0 Å². The maximum absolute atomic E-state index is 11.8. The Hall–Kier alpha value is -0.360. The van der Waals surface area contributed by atoms with Crippen LogP contribution < -0.4 is 11.1 Å². The van der Waals surface area contributed by atoms with Crippen molar-refractivity contribution < 1.29 is 9.53 Å². The van der Waals surface area contributed by atoms with Crippen LogP contribution in [0.3, 0.4) is 0 Å². The molecule has 0 spiro atoms. The number of amides is 1. The molecule has 0 bridgehead atoms. The van der Waals surface area contributed by atoms with E-state index >= 15 is 0 Å². The van der Waals surface area contributed by atoms with Crippen molar-refractivity contribution in [2.75, 3.05) is 45.9 Å². The molecule has 0 radical (unpaired) electrons. The van der Waals surface area contributed by atoms with Crippen LogP contribution in [0.15, 0.2) is 0 Å². The van der Waals surface area contributed by atoms with Crippen molar-refractivity contribution in [3.8, 4) is 0 Å². The predicted octanol–water partition coefficient (Wildman–Crippen LogP) is 0.232. The molecule has 0 aromatic carbocycles. The molecule has 1 heterocycles. The summed E-state index contributed by atoms with van der Waals surface area (Å²) in [6.45, 7) is 7.45. The molecule has 1 rings (SSSR count). The van der Waals surface area contributed by atoms with Crippen molar-refractivity contribution in [2.45, 2.75) is 19.8 Å². The summed E-state index contributed by atoms with van der Waals surface area (Å²) in [5, 5.41) is 2.87.